The van der Waals surface area contributed by atoms with E-state index in [0.717, 1.165) is 29.8 Å². The Morgan fingerprint density at radius 3 is 2.70 bits per heavy atom. The van der Waals surface area contributed by atoms with Gasteiger partial charge in [0, 0.05) is 43.6 Å². The Bertz CT molecular complexity index is 895. The molecule has 0 saturated heterocycles. The summed E-state index contributed by atoms with van der Waals surface area (Å²) in [5, 5.41) is 7.77. The molecule has 6 nitrogen and oxygen atoms in total. The molecule has 0 fully saturated rings. The number of aryl methyl sites for hydroxylation is 2. The monoisotopic (exact) mass is 382 g/mol. The Morgan fingerprint density at radius 1 is 1.19 bits per heavy atom. The van der Waals surface area contributed by atoms with Crippen molar-refractivity contribution in [3.8, 4) is 0 Å². The van der Waals surface area contributed by atoms with E-state index in [9.17, 15) is 0 Å². The third kappa shape index (κ3) is 5.40. The number of guanidine groups is 1. The van der Waals surface area contributed by atoms with Gasteiger partial charge in [0.1, 0.15) is 10.8 Å². The lowest BCUT2D eigenvalue weighted by Crippen LogP contribution is -2.36. The van der Waals surface area contributed by atoms with E-state index < -0.39 is 0 Å². The molecule has 0 unspecified atom stereocenters. The number of benzene rings is 1. The first-order chi connectivity index (χ1) is 13.2. The lowest BCUT2D eigenvalue weighted by atomic mass is 10.1. The number of thiazole rings is 1. The summed E-state index contributed by atoms with van der Waals surface area (Å²) >= 11 is 1.74. The van der Waals surface area contributed by atoms with Gasteiger partial charge in [0.2, 0.25) is 0 Å². The van der Waals surface area contributed by atoms with Crippen LogP contribution in [0.2, 0.25) is 0 Å². The van der Waals surface area contributed by atoms with Crippen LogP contribution in [0.5, 0.6) is 0 Å². The largest absolute Gasteiger partial charge is 0.352 e. The lowest BCUT2D eigenvalue weighted by molar-refractivity contribution is 0.757. The van der Waals surface area contributed by atoms with Crippen LogP contribution in [0.3, 0.4) is 0 Å². The quantitative estimate of drug-likeness (QED) is 0.487. The van der Waals surface area contributed by atoms with Crippen molar-refractivity contribution in [2.45, 2.75) is 39.9 Å². The molecule has 0 amide bonds. The zero-order valence-corrected chi connectivity index (χ0v) is 16.9. The van der Waals surface area contributed by atoms with Gasteiger partial charge < -0.3 is 15.2 Å². The van der Waals surface area contributed by atoms with Crippen LogP contribution in [-0.2, 0) is 26.1 Å². The van der Waals surface area contributed by atoms with Gasteiger partial charge in [-0.2, -0.15) is 0 Å². The van der Waals surface area contributed by atoms with Crippen LogP contribution in [0.1, 0.15) is 33.8 Å². The molecule has 0 saturated carbocycles. The lowest BCUT2D eigenvalue weighted by Gasteiger charge is -2.12. The predicted molar refractivity (Wildman–Crippen MR) is 111 cm³/mol. The Kier molecular flexibility index (Phi) is 6.59. The van der Waals surface area contributed by atoms with Crippen LogP contribution < -0.4 is 10.6 Å². The Labute approximate surface area is 164 Å². The van der Waals surface area contributed by atoms with Crippen molar-refractivity contribution in [2.75, 3.05) is 7.05 Å². The average molecular weight is 383 g/mol. The fourth-order valence-electron chi connectivity index (χ4n) is 2.76. The van der Waals surface area contributed by atoms with E-state index in [2.05, 4.69) is 61.4 Å². The summed E-state index contributed by atoms with van der Waals surface area (Å²) in [4.78, 5) is 14.3. The summed E-state index contributed by atoms with van der Waals surface area (Å²) in [6, 6.07) is 8.58. The fraction of sp³-hybridized carbons (Fsp3) is 0.350. The molecule has 0 aliphatic heterocycles. The highest BCUT2D eigenvalue weighted by atomic mass is 32.1. The van der Waals surface area contributed by atoms with Crippen molar-refractivity contribution >= 4 is 17.3 Å². The molecule has 7 heteroatoms. The van der Waals surface area contributed by atoms with Crippen LogP contribution >= 0.6 is 11.3 Å². The third-order valence-electron chi connectivity index (χ3n) is 4.31. The van der Waals surface area contributed by atoms with E-state index in [4.69, 9.17) is 0 Å². The first kappa shape index (κ1) is 19.1. The van der Waals surface area contributed by atoms with Gasteiger partial charge in [0.25, 0.3) is 0 Å². The number of rotatable bonds is 7. The molecule has 0 spiro atoms. The first-order valence-electron chi connectivity index (χ1n) is 9.11. The highest BCUT2D eigenvalue weighted by molar-refractivity contribution is 7.11. The Hall–Kier alpha value is -2.67. The maximum atomic E-state index is 4.43. The van der Waals surface area contributed by atoms with Crippen LogP contribution in [0, 0.1) is 6.92 Å². The molecule has 0 atom stereocenters. The van der Waals surface area contributed by atoms with E-state index >= 15 is 0 Å². The topological polar surface area (TPSA) is 67.1 Å². The molecular weight excluding hydrogens is 356 g/mol. The number of hydrogen-bond acceptors (Lipinski definition) is 4. The summed E-state index contributed by atoms with van der Waals surface area (Å²) in [7, 11) is 1.78. The summed E-state index contributed by atoms with van der Waals surface area (Å²) in [6.07, 6.45) is 6.82. The van der Waals surface area contributed by atoms with Gasteiger partial charge in [0.05, 0.1) is 6.54 Å². The van der Waals surface area contributed by atoms with E-state index in [-0.39, 0.29) is 0 Å². The van der Waals surface area contributed by atoms with Gasteiger partial charge in [0.15, 0.2) is 5.96 Å². The second kappa shape index (κ2) is 9.32. The number of aliphatic imine (C=N–C) groups is 1. The van der Waals surface area contributed by atoms with Crippen LogP contribution in [0.15, 0.2) is 47.8 Å². The molecular formula is C20H26N6S. The highest BCUT2D eigenvalue weighted by Gasteiger charge is 2.04. The maximum Gasteiger partial charge on any atom is 0.191 e. The molecule has 1 aromatic carbocycles. The smallest absolute Gasteiger partial charge is 0.191 e. The van der Waals surface area contributed by atoms with Crippen molar-refractivity contribution in [1.29, 1.82) is 0 Å². The molecule has 2 aromatic heterocycles. The van der Waals surface area contributed by atoms with Crippen molar-refractivity contribution in [3.05, 3.63) is 69.7 Å². The third-order valence-corrected chi connectivity index (χ3v) is 5.45. The summed E-state index contributed by atoms with van der Waals surface area (Å²) < 4.78 is 2.14. The zero-order valence-electron chi connectivity index (χ0n) is 16.1. The standard InChI is InChI=1S/C20H26N6S/c1-4-18-12-23-19(27-18)13-25-20(21-3)24-11-16-6-5-7-17(10-16)14-26-9-8-22-15(26)2/h5-10,12H,4,11,13-14H2,1-3H3,(H2,21,24,25). The minimum Gasteiger partial charge on any atom is -0.352 e. The molecule has 2 heterocycles. The predicted octanol–water partition coefficient (Wildman–Crippen LogP) is 3.12. The van der Waals surface area contributed by atoms with E-state index in [1.807, 2.05) is 25.5 Å². The van der Waals surface area contributed by atoms with Crippen LogP contribution in [0.25, 0.3) is 0 Å². The molecule has 0 radical (unpaired) electrons. The SMILES string of the molecule is CCc1cnc(CNC(=NC)NCc2cccc(Cn3ccnc3C)c2)s1. The van der Waals surface area contributed by atoms with Gasteiger partial charge in [-0.15, -0.1) is 11.3 Å². The summed E-state index contributed by atoms with van der Waals surface area (Å²) in [5.74, 6) is 1.80. The van der Waals surface area contributed by atoms with E-state index in [1.165, 1.54) is 16.0 Å². The number of imidazole rings is 1. The van der Waals surface area contributed by atoms with Crippen molar-refractivity contribution in [1.82, 2.24) is 25.2 Å². The zero-order chi connectivity index (χ0) is 19.1. The molecule has 0 aliphatic rings. The van der Waals surface area contributed by atoms with E-state index in [0.29, 0.717) is 13.1 Å². The van der Waals surface area contributed by atoms with Crippen molar-refractivity contribution in [2.24, 2.45) is 4.99 Å². The minimum absolute atomic E-state index is 0.685. The number of nitrogens with one attached hydrogen (secondary N) is 2. The molecule has 0 bridgehead atoms. The second-order valence-corrected chi connectivity index (χ2v) is 7.48. The fourth-order valence-corrected chi connectivity index (χ4v) is 3.57. The molecule has 27 heavy (non-hydrogen) atoms. The van der Waals surface area contributed by atoms with Crippen molar-refractivity contribution < 1.29 is 0 Å². The van der Waals surface area contributed by atoms with Crippen LogP contribution in [-0.4, -0.2) is 27.5 Å². The first-order valence-corrected chi connectivity index (χ1v) is 9.93. The number of hydrogen-bond donors (Lipinski definition) is 2. The van der Waals surface area contributed by atoms with Gasteiger partial charge >= 0.3 is 0 Å². The van der Waals surface area contributed by atoms with E-state index in [1.54, 1.807) is 18.4 Å². The second-order valence-electron chi connectivity index (χ2n) is 6.28. The number of nitrogens with zero attached hydrogens (tertiary/aromatic N) is 4. The molecule has 3 rings (SSSR count). The van der Waals surface area contributed by atoms with Gasteiger partial charge in [-0.1, -0.05) is 31.2 Å². The Balaban J connectivity index is 1.53. The van der Waals surface area contributed by atoms with Gasteiger partial charge in [-0.25, -0.2) is 9.97 Å². The maximum absolute atomic E-state index is 4.43. The highest BCUT2D eigenvalue weighted by Crippen LogP contribution is 2.13. The normalized spacial score (nSPS) is 11.6. The molecule has 142 valence electrons. The van der Waals surface area contributed by atoms with Gasteiger partial charge in [-0.3, -0.25) is 4.99 Å². The number of aromatic nitrogens is 3. The minimum atomic E-state index is 0.685. The molecule has 0 aliphatic carbocycles. The summed E-state index contributed by atoms with van der Waals surface area (Å²) in [6.45, 7) is 6.40. The molecule has 3 aromatic rings. The van der Waals surface area contributed by atoms with Crippen molar-refractivity contribution in [3.63, 3.8) is 0 Å². The van der Waals surface area contributed by atoms with Crippen LogP contribution in [0.4, 0.5) is 0 Å². The summed E-state index contributed by atoms with van der Waals surface area (Å²) in [5.41, 5.74) is 2.48. The average Bonchev–Trinajstić information content (AvgIpc) is 3.31. The molecule has 2 N–H and O–H groups in total. The van der Waals surface area contributed by atoms with Gasteiger partial charge in [-0.05, 0) is 24.5 Å². The Morgan fingerprint density at radius 2 is 2.00 bits per heavy atom.